The van der Waals surface area contributed by atoms with E-state index >= 15 is 0 Å². The molecule has 17 atom stereocenters. The molecule has 0 bridgehead atoms. The van der Waals surface area contributed by atoms with Gasteiger partial charge in [0.2, 0.25) is 11.8 Å². The first-order valence-electron chi connectivity index (χ1n) is 36.5. The molecule has 0 aromatic carbocycles. The maximum absolute atomic E-state index is 13.5. The van der Waals surface area contributed by atoms with Crippen LogP contribution in [0.4, 0.5) is 0 Å². The number of carbonyl (C=O) groups excluding carboxylic acids is 2. The molecule has 3 heterocycles. The molecule has 0 radical (unpaired) electrons. The average Bonchev–Trinajstić information content (AvgIpc) is 0.770. The number of ether oxygens (including phenoxy) is 5. The molecule has 3 saturated heterocycles. The highest BCUT2D eigenvalue weighted by Gasteiger charge is 2.56. The molecule has 2 amide bonds. The zero-order valence-corrected chi connectivity index (χ0v) is 65.5. The number of aliphatic hydroxyl groups is 8. The Labute approximate surface area is 613 Å². The molecule has 0 aromatic heterocycles. The van der Waals surface area contributed by atoms with Crippen molar-refractivity contribution in [1.29, 1.82) is 0 Å². The fourth-order valence-corrected chi connectivity index (χ4v) is 14.1. The van der Waals surface area contributed by atoms with Crippen molar-refractivity contribution in [2.24, 2.45) is 0 Å². The van der Waals surface area contributed by atoms with E-state index in [2.05, 4.69) is 152 Å². The zero-order valence-electron chi connectivity index (χ0n) is 63.7. The number of nitrogens with one attached hydrogen (secondary N) is 2. The van der Waals surface area contributed by atoms with Crippen molar-refractivity contribution in [2.45, 2.75) is 317 Å². The number of allylic oxidation sites excluding steroid dienone is 21. The fourth-order valence-electron chi connectivity index (χ4n) is 12.0. The van der Waals surface area contributed by atoms with Crippen LogP contribution in [0.2, 0.25) is 0 Å². The van der Waals surface area contributed by atoms with Crippen LogP contribution in [-0.2, 0) is 55.8 Å². The van der Waals surface area contributed by atoms with E-state index in [0.29, 0.717) is 12.8 Å². The van der Waals surface area contributed by atoms with E-state index < -0.39 is 146 Å². The van der Waals surface area contributed by atoms with Gasteiger partial charge in [0.15, 0.2) is 18.9 Å². The lowest BCUT2D eigenvalue weighted by molar-refractivity contribution is -0.356. The number of phosphoric acid groups is 2. The van der Waals surface area contributed by atoms with Gasteiger partial charge in [0.25, 0.3) is 0 Å². The summed E-state index contributed by atoms with van der Waals surface area (Å²) in [4.78, 5) is 46.7. The summed E-state index contributed by atoms with van der Waals surface area (Å²) >= 11 is 0. The van der Waals surface area contributed by atoms with Crippen molar-refractivity contribution >= 4 is 27.5 Å². The average molecular weight is 1500 g/mol. The van der Waals surface area contributed by atoms with Gasteiger partial charge in [-0.05, 0) is 212 Å². The zero-order chi connectivity index (χ0) is 77.0. The number of amides is 2. The van der Waals surface area contributed by atoms with E-state index in [-0.39, 0.29) is 0 Å². The van der Waals surface area contributed by atoms with Crippen molar-refractivity contribution in [3.63, 3.8) is 0 Å². The second kappa shape index (κ2) is 49.0. The number of carbonyl (C=O) groups is 2. The van der Waals surface area contributed by atoms with Crippen molar-refractivity contribution in [2.75, 3.05) is 26.4 Å². The predicted octanol–water partition coefficient (Wildman–Crippen LogP) is 12.2. The number of hydrogen-bond donors (Lipinski definition) is 12. The third-order valence-electron chi connectivity index (χ3n) is 18.4. The quantitative estimate of drug-likeness (QED) is 0.0199. The summed E-state index contributed by atoms with van der Waals surface area (Å²) in [5.74, 6) is -1.71. The lowest BCUT2D eigenvalue weighted by atomic mass is 9.94. The lowest BCUT2D eigenvalue weighted by Crippen LogP contribution is -2.71. The Hall–Kier alpha value is -4.18. The highest BCUT2D eigenvalue weighted by molar-refractivity contribution is 7.61. The molecule has 3 rings (SSSR count). The second-order valence-corrected chi connectivity index (χ2v) is 31.4. The first-order valence-corrected chi connectivity index (χ1v) is 39.5. The molecule has 24 nitrogen and oxygen atoms in total. The molecule has 3 aliphatic heterocycles. The first-order chi connectivity index (χ1) is 48.6. The summed E-state index contributed by atoms with van der Waals surface area (Å²) < 4.78 is 70.0. The molecule has 0 aromatic rings. The molecule has 3 fully saturated rings. The van der Waals surface area contributed by atoms with E-state index in [9.17, 15) is 69.4 Å². The molecular formula is C77H128N2O22P2. The van der Waals surface area contributed by atoms with Gasteiger partial charge >= 0.3 is 15.6 Å². The summed E-state index contributed by atoms with van der Waals surface area (Å²) in [6, 6.07) is -3.61. The third-order valence-corrected chi connectivity index (χ3v) is 21.0. The van der Waals surface area contributed by atoms with Gasteiger partial charge in [0, 0.05) is 13.8 Å². The Morgan fingerprint density at radius 3 is 0.942 bits per heavy atom. The number of rotatable bonds is 46. The highest BCUT2D eigenvalue weighted by atomic mass is 31.3. The number of phosphoric ester groups is 2. The van der Waals surface area contributed by atoms with Crippen LogP contribution in [0.15, 0.2) is 128 Å². The maximum atomic E-state index is 13.5. The van der Waals surface area contributed by atoms with Gasteiger partial charge < -0.3 is 85.0 Å². The van der Waals surface area contributed by atoms with Crippen molar-refractivity contribution < 1.29 is 106 Å². The summed E-state index contributed by atoms with van der Waals surface area (Å²) in [7, 11) is -11.2. The van der Waals surface area contributed by atoms with Crippen LogP contribution in [0.25, 0.3) is 0 Å². The largest absolute Gasteiger partial charge is 0.483 e. The first kappa shape index (κ1) is 93.0. The molecule has 3 aliphatic rings. The van der Waals surface area contributed by atoms with Gasteiger partial charge in [0.1, 0.15) is 73.1 Å². The van der Waals surface area contributed by atoms with Gasteiger partial charge in [-0.3, -0.25) is 18.6 Å². The van der Waals surface area contributed by atoms with Gasteiger partial charge in [-0.25, -0.2) is 9.13 Å². The summed E-state index contributed by atoms with van der Waals surface area (Å²) in [6.07, 6.45) is 21.1. The van der Waals surface area contributed by atoms with Gasteiger partial charge in [-0.1, -0.05) is 128 Å². The highest BCUT2D eigenvalue weighted by Crippen LogP contribution is 2.61. The Bertz CT molecular complexity index is 3050. The maximum Gasteiger partial charge on any atom is 0.483 e. The molecule has 103 heavy (non-hydrogen) atoms. The van der Waals surface area contributed by atoms with Crippen LogP contribution in [-0.4, -0.2) is 181 Å². The third kappa shape index (κ3) is 37.0. The van der Waals surface area contributed by atoms with Crippen LogP contribution >= 0.6 is 15.6 Å². The smallest absolute Gasteiger partial charge is 0.394 e. The number of aliphatic hydroxyl groups excluding tert-OH is 8. The minimum absolute atomic E-state index is 0.533. The van der Waals surface area contributed by atoms with Crippen LogP contribution in [0.5, 0.6) is 0 Å². The Morgan fingerprint density at radius 2 is 0.631 bits per heavy atom. The predicted molar refractivity (Wildman–Crippen MR) is 399 cm³/mol. The topological polar surface area (TPSA) is 368 Å². The van der Waals surface area contributed by atoms with Gasteiger partial charge in [-0.2, -0.15) is 4.31 Å². The molecule has 588 valence electrons. The summed E-state index contributed by atoms with van der Waals surface area (Å²) in [5, 5.41) is 89.2. The van der Waals surface area contributed by atoms with E-state index in [4.69, 9.17) is 32.7 Å². The normalized spacial score (nSPS) is 28.3. The SMILES string of the molecule is CC(=O)N[C@H]1[C@@H](O[C@H]2[C@@H](O)[C@@H](CO)O[C@H](OP(=O)(O)OP(=O)(O)OC/C=C(/C)CC/C=C(/C)CC/C=C(/C)CC/C=C(/C)CC/C=C(/C)CC/C=C(/C)CC/C=C(/C)CC/C=C(\C)CC/C=C(\C)CC/C=C(\C)CCC=C(C)C)[C@@H]2NC(C)=O)O[C@H](CO)[C@H](O)[C@@H]1O[C@@H]1O[C@H](CO)[C@H](O)[C@H](O)[C@H]1O. The van der Waals surface area contributed by atoms with E-state index in [1.165, 1.54) is 61.8 Å². The van der Waals surface area contributed by atoms with Crippen LogP contribution < -0.4 is 10.6 Å². The van der Waals surface area contributed by atoms with Crippen LogP contribution in [0, 0.1) is 0 Å². The van der Waals surface area contributed by atoms with Crippen molar-refractivity contribution in [1.82, 2.24) is 10.6 Å². The van der Waals surface area contributed by atoms with Gasteiger partial charge in [-0.15, -0.1) is 0 Å². The Kier molecular flexibility index (Phi) is 44.2. The molecule has 2 unspecified atom stereocenters. The molecule has 0 saturated carbocycles. The summed E-state index contributed by atoms with van der Waals surface area (Å²) in [6.45, 7) is 24.7. The van der Waals surface area contributed by atoms with Gasteiger partial charge in [0.05, 0.1) is 26.4 Å². The van der Waals surface area contributed by atoms with E-state index in [1.54, 1.807) is 6.92 Å². The summed E-state index contributed by atoms with van der Waals surface area (Å²) in [5.41, 5.74) is 15.0. The second-order valence-electron chi connectivity index (χ2n) is 28.4. The molecule has 0 aliphatic carbocycles. The Morgan fingerprint density at radius 1 is 0.359 bits per heavy atom. The number of hydrogen-bond acceptors (Lipinski definition) is 20. The van der Waals surface area contributed by atoms with E-state index in [1.807, 2.05) is 0 Å². The molecular weight excluding hydrogens is 1370 g/mol. The minimum atomic E-state index is -5.78. The standard InChI is InChI=1S/C77H128N2O22P2/c1-50(2)25-15-26-51(3)27-16-28-52(4)29-17-30-53(5)31-18-32-54(6)33-19-34-55(7)35-20-36-56(8)37-21-38-57(9)39-22-40-58(10)41-23-42-59(11)43-24-44-60(12)45-46-94-102(90,91)101-103(92,93)100-76-67(79-62(14)84)74(70(87)65(49-82)96-76)98-75-66(78-61(13)83)73(69(86)64(48-81)95-75)99-77-72(89)71(88)68(85)63(47-80)97-77/h25,27,29,31,33,35,37,39,41,43,45,63-77,80-82,85-89H,15-24,26,28,30,32,34,36,38,40,42,44,46-49H2,1-14H3,(H,78,83)(H,79,84)(H,90,91)(H,92,93)/b51-27+,52-29+,53-31+,54-33-,55-35-,56-37-,57-39-,58-41-,59-43-,60-45-/t63-,64-,65-,66-,67-,68+,69+,70+,71+,72-,73-,74-,75-,76-,77+/m1/s1. The molecule has 26 heteroatoms. The van der Waals surface area contributed by atoms with Crippen LogP contribution in [0.1, 0.15) is 225 Å². The Balaban J connectivity index is 1.41. The molecule has 12 N–H and O–H groups in total. The molecule has 0 spiro atoms. The lowest BCUT2D eigenvalue weighted by Gasteiger charge is -2.50. The monoisotopic (exact) mass is 1490 g/mol. The van der Waals surface area contributed by atoms with E-state index in [0.717, 1.165) is 135 Å². The fraction of sp³-hybridized carbons (Fsp3) is 0.688. The van der Waals surface area contributed by atoms with Crippen molar-refractivity contribution in [3.8, 4) is 0 Å². The van der Waals surface area contributed by atoms with Crippen molar-refractivity contribution in [3.05, 3.63) is 128 Å². The minimum Gasteiger partial charge on any atom is -0.394 e. The van der Waals surface area contributed by atoms with Crippen LogP contribution in [0.3, 0.4) is 0 Å².